The summed E-state index contributed by atoms with van der Waals surface area (Å²) in [7, 11) is 0. The van der Waals surface area contributed by atoms with Crippen LogP contribution in [0.1, 0.15) is 46.3 Å². The first-order valence-electron chi connectivity index (χ1n) is 8.92. The second-order valence-electron chi connectivity index (χ2n) is 6.95. The number of hydrogen-bond acceptors (Lipinski definition) is 4. The number of hydrogen-bond donors (Lipinski definition) is 1. The molecule has 138 valence electrons. The maximum Gasteiger partial charge on any atom is 0.256 e. The molecule has 1 saturated heterocycles. The highest BCUT2D eigenvalue weighted by Crippen LogP contribution is 2.29. The van der Waals surface area contributed by atoms with E-state index in [0.717, 1.165) is 50.2 Å². The summed E-state index contributed by atoms with van der Waals surface area (Å²) in [6.45, 7) is 5.07. The number of aryl methyl sites for hydroxylation is 1. The van der Waals surface area contributed by atoms with Crippen LogP contribution < -0.4 is 5.32 Å². The van der Waals surface area contributed by atoms with Crippen molar-refractivity contribution >= 4 is 5.91 Å². The number of amides is 1. The number of aromatic nitrogens is 3. The third kappa shape index (κ3) is 2.98. The molecule has 0 aliphatic carbocycles. The van der Waals surface area contributed by atoms with Gasteiger partial charge in [-0.05, 0) is 31.4 Å². The predicted octanol–water partition coefficient (Wildman–Crippen LogP) is 1.99. The summed E-state index contributed by atoms with van der Waals surface area (Å²) in [4.78, 5) is 14.3. The number of nitrogens with one attached hydrogen (secondary N) is 1. The van der Waals surface area contributed by atoms with Crippen LogP contribution in [0.2, 0.25) is 0 Å². The van der Waals surface area contributed by atoms with Gasteiger partial charge in [0.1, 0.15) is 23.3 Å². The van der Waals surface area contributed by atoms with E-state index < -0.39 is 11.6 Å². The van der Waals surface area contributed by atoms with E-state index in [1.807, 2.05) is 0 Å². The molecular weight excluding hydrogens is 340 g/mol. The molecule has 0 radical (unpaired) electrons. The van der Waals surface area contributed by atoms with Crippen molar-refractivity contribution in [1.29, 1.82) is 0 Å². The lowest BCUT2D eigenvalue weighted by molar-refractivity contribution is 0.0705. The third-order valence-electron chi connectivity index (χ3n) is 5.28. The van der Waals surface area contributed by atoms with Crippen molar-refractivity contribution < 1.29 is 13.6 Å². The van der Waals surface area contributed by atoms with Gasteiger partial charge in [-0.2, -0.15) is 0 Å². The highest BCUT2D eigenvalue weighted by molar-refractivity contribution is 5.94. The Balaban J connectivity index is 1.46. The summed E-state index contributed by atoms with van der Waals surface area (Å²) in [6.07, 6.45) is 1.53. The maximum absolute atomic E-state index is 14.0. The number of fused-ring (bicyclic) bond motifs is 1. The lowest BCUT2D eigenvalue weighted by Crippen LogP contribution is -2.39. The molecular formula is C18H21F2N5O. The predicted molar refractivity (Wildman–Crippen MR) is 90.7 cm³/mol. The number of benzene rings is 1. The smallest absolute Gasteiger partial charge is 0.256 e. The molecule has 0 saturated carbocycles. The SMILES string of the molecule is Cc1cc(C(=O)N2CCC(c3nnc4n3CCNC4)CC2)c(F)cc1F. The van der Waals surface area contributed by atoms with Gasteiger partial charge in [-0.1, -0.05) is 0 Å². The molecule has 0 unspecified atom stereocenters. The molecule has 2 aliphatic heterocycles. The average Bonchev–Trinajstić information content (AvgIpc) is 3.08. The van der Waals surface area contributed by atoms with Crippen molar-refractivity contribution in [3.63, 3.8) is 0 Å². The van der Waals surface area contributed by atoms with Crippen molar-refractivity contribution in [3.8, 4) is 0 Å². The van der Waals surface area contributed by atoms with E-state index >= 15 is 0 Å². The number of carbonyl (C=O) groups excluding carboxylic acids is 1. The first kappa shape index (κ1) is 17.1. The van der Waals surface area contributed by atoms with Gasteiger partial charge >= 0.3 is 0 Å². The zero-order chi connectivity index (χ0) is 18.3. The summed E-state index contributed by atoms with van der Waals surface area (Å²) >= 11 is 0. The molecule has 1 aromatic heterocycles. The molecule has 3 heterocycles. The molecule has 0 atom stereocenters. The third-order valence-corrected chi connectivity index (χ3v) is 5.28. The second-order valence-corrected chi connectivity index (χ2v) is 6.95. The molecule has 1 aromatic carbocycles. The number of carbonyl (C=O) groups is 1. The minimum Gasteiger partial charge on any atom is -0.339 e. The minimum absolute atomic E-state index is 0.0618. The van der Waals surface area contributed by atoms with Crippen LogP contribution in [0.15, 0.2) is 12.1 Å². The first-order valence-corrected chi connectivity index (χ1v) is 8.92. The van der Waals surface area contributed by atoms with Crippen molar-refractivity contribution in [2.24, 2.45) is 0 Å². The van der Waals surface area contributed by atoms with E-state index in [0.29, 0.717) is 13.1 Å². The fraction of sp³-hybridized carbons (Fsp3) is 0.500. The van der Waals surface area contributed by atoms with Crippen LogP contribution in [0.3, 0.4) is 0 Å². The normalized spacial score (nSPS) is 18.0. The molecule has 1 N–H and O–H groups in total. The average molecular weight is 361 g/mol. The van der Waals surface area contributed by atoms with Crippen molar-refractivity contribution in [3.05, 3.63) is 46.5 Å². The van der Waals surface area contributed by atoms with E-state index in [-0.39, 0.29) is 23.0 Å². The molecule has 0 bridgehead atoms. The maximum atomic E-state index is 14.0. The van der Waals surface area contributed by atoms with Crippen LogP contribution in [0, 0.1) is 18.6 Å². The Kier molecular flexibility index (Phi) is 4.44. The van der Waals surface area contributed by atoms with Crippen LogP contribution in [0.5, 0.6) is 0 Å². The van der Waals surface area contributed by atoms with Gasteiger partial charge in [-0.25, -0.2) is 8.78 Å². The van der Waals surface area contributed by atoms with Crippen molar-refractivity contribution in [1.82, 2.24) is 25.0 Å². The number of halogens is 2. The molecule has 8 heteroatoms. The molecule has 6 nitrogen and oxygen atoms in total. The molecule has 0 spiro atoms. The fourth-order valence-electron chi connectivity index (χ4n) is 3.75. The number of piperidine rings is 1. The van der Waals surface area contributed by atoms with Gasteiger partial charge in [0, 0.05) is 38.2 Å². The summed E-state index contributed by atoms with van der Waals surface area (Å²) in [5.74, 6) is 0.365. The quantitative estimate of drug-likeness (QED) is 0.889. The standard InChI is InChI=1S/C18H21F2N5O/c1-11-8-13(15(20)9-14(11)19)18(26)24-5-2-12(3-6-24)17-23-22-16-10-21-4-7-25(16)17/h8-9,12,21H,2-7,10H2,1H3. The topological polar surface area (TPSA) is 63.1 Å². The van der Waals surface area contributed by atoms with E-state index in [4.69, 9.17) is 0 Å². The second kappa shape index (κ2) is 6.75. The van der Waals surface area contributed by atoms with Gasteiger partial charge in [0.05, 0.1) is 12.1 Å². The van der Waals surface area contributed by atoms with Crippen LogP contribution in [0.4, 0.5) is 8.78 Å². The molecule has 1 amide bonds. The summed E-state index contributed by atoms with van der Waals surface area (Å²) in [5.41, 5.74) is 0.210. The Hall–Kier alpha value is -2.35. The van der Waals surface area contributed by atoms with E-state index in [9.17, 15) is 13.6 Å². The van der Waals surface area contributed by atoms with Gasteiger partial charge in [0.2, 0.25) is 0 Å². The first-order chi connectivity index (χ1) is 12.5. The fourth-order valence-corrected chi connectivity index (χ4v) is 3.75. The molecule has 26 heavy (non-hydrogen) atoms. The van der Waals surface area contributed by atoms with Gasteiger partial charge in [0.25, 0.3) is 5.91 Å². The summed E-state index contributed by atoms with van der Waals surface area (Å²) < 4.78 is 29.6. The van der Waals surface area contributed by atoms with Crippen molar-refractivity contribution in [2.75, 3.05) is 19.6 Å². The highest BCUT2D eigenvalue weighted by Gasteiger charge is 2.30. The molecule has 1 fully saturated rings. The Morgan fingerprint density at radius 1 is 1.15 bits per heavy atom. The van der Waals surface area contributed by atoms with Gasteiger partial charge in [-0.15, -0.1) is 10.2 Å². The van der Waals surface area contributed by atoms with Crippen LogP contribution in [0.25, 0.3) is 0 Å². The summed E-state index contributed by atoms with van der Waals surface area (Å²) in [6, 6.07) is 2.08. The van der Waals surface area contributed by atoms with Gasteiger partial charge in [0.15, 0.2) is 0 Å². The van der Waals surface area contributed by atoms with Gasteiger partial charge < -0.3 is 14.8 Å². The summed E-state index contributed by atoms with van der Waals surface area (Å²) in [5, 5.41) is 11.9. The van der Waals surface area contributed by atoms with E-state index in [1.54, 1.807) is 4.90 Å². The van der Waals surface area contributed by atoms with E-state index in [2.05, 4.69) is 20.1 Å². The monoisotopic (exact) mass is 361 g/mol. The minimum atomic E-state index is -0.806. The molecule has 4 rings (SSSR count). The van der Waals surface area contributed by atoms with Crippen LogP contribution in [-0.2, 0) is 13.1 Å². The zero-order valence-electron chi connectivity index (χ0n) is 14.6. The zero-order valence-corrected chi connectivity index (χ0v) is 14.6. The Morgan fingerprint density at radius 3 is 2.69 bits per heavy atom. The Morgan fingerprint density at radius 2 is 1.92 bits per heavy atom. The van der Waals surface area contributed by atoms with Crippen LogP contribution in [-0.4, -0.2) is 45.2 Å². The molecule has 2 aliphatic rings. The Labute approximate surface area is 150 Å². The van der Waals surface area contributed by atoms with E-state index in [1.165, 1.54) is 13.0 Å². The number of rotatable bonds is 2. The lowest BCUT2D eigenvalue weighted by Gasteiger charge is -2.32. The number of likely N-dealkylation sites (tertiary alicyclic amines) is 1. The lowest BCUT2D eigenvalue weighted by atomic mass is 9.95. The molecule has 2 aromatic rings. The van der Waals surface area contributed by atoms with Crippen molar-refractivity contribution in [2.45, 2.75) is 38.8 Å². The van der Waals surface area contributed by atoms with Gasteiger partial charge in [-0.3, -0.25) is 4.79 Å². The van der Waals surface area contributed by atoms with Crippen LogP contribution >= 0.6 is 0 Å². The largest absolute Gasteiger partial charge is 0.339 e. The Bertz CT molecular complexity index is 842. The number of nitrogens with zero attached hydrogens (tertiary/aromatic N) is 4. The highest BCUT2D eigenvalue weighted by atomic mass is 19.1.